The Morgan fingerprint density at radius 2 is 1.93 bits per heavy atom. The number of ether oxygens (including phenoxy) is 1. The highest BCUT2D eigenvalue weighted by atomic mass is 16.5. The molecule has 144 valence electrons. The van der Waals surface area contributed by atoms with Crippen LogP contribution in [0.25, 0.3) is 12.2 Å². The maximum atomic E-state index is 6.39. The van der Waals surface area contributed by atoms with Gasteiger partial charge in [-0.2, -0.15) is 5.10 Å². The van der Waals surface area contributed by atoms with Crippen molar-refractivity contribution in [3.05, 3.63) is 59.0 Å². The third kappa shape index (κ3) is 4.20. The van der Waals surface area contributed by atoms with Gasteiger partial charge in [-0.1, -0.05) is 36.4 Å². The molecule has 0 aliphatic carbocycles. The molecule has 1 aliphatic heterocycles. The van der Waals surface area contributed by atoms with Gasteiger partial charge < -0.3 is 15.8 Å². The Labute approximate surface area is 164 Å². The Kier molecular flexibility index (Phi) is 5.34. The van der Waals surface area contributed by atoms with Gasteiger partial charge in [0.15, 0.2) is 11.6 Å². The maximum absolute atomic E-state index is 6.39. The van der Waals surface area contributed by atoms with Gasteiger partial charge >= 0.3 is 0 Å². The Morgan fingerprint density at radius 3 is 2.64 bits per heavy atom. The largest absolute Gasteiger partial charge is 0.383 e. The van der Waals surface area contributed by atoms with Gasteiger partial charge in [0, 0.05) is 30.5 Å². The molecule has 3 aromatic rings. The summed E-state index contributed by atoms with van der Waals surface area (Å²) in [5.41, 5.74) is 9.38. The van der Waals surface area contributed by atoms with Crippen LogP contribution in [0, 0.1) is 6.92 Å². The van der Waals surface area contributed by atoms with E-state index in [4.69, 9.17) is 15.5 Å². The van der Waals surface area contributed by atoms with Gasteiger partial charge in [0.1, 0.15) is 11.6 Å². The van der Waals surface area contributed by atoms with Crippen LogP contribution in [0.4, 0.5) is 17.5 Å². The summed E-state index contributed by atoms with van der Waals surface area (Å²) in [6.45, 7) is 3.40. The summed E-state index contributed by atoms with van der Waals surface area (Å²) in [5, 5.41) is 10.5. The minimum atomic E-state index is 0.267. The average molecular weight is 376 g/mol. The molecule has 0 unspecified atom stereocenters. The van der Waals surface area contributed by atoms with E-state index in [1.807, 2.05) is 55.5 Å². The molecule has 1 aromatic carbocycles. The van der Waals surface area contributed by atoms with Crippen molar-refractivity contribution >= 4 is 29.6 Å². The summed E-state index contributed by atoms with van der Waals surface area (Å²) in [6.07, 6.45) is 5.66. The summed E-state index contributed by atoms with van der Waals surface area (Å²) in [5.74, 6) is 2.75. The number of aryl methyl sites for hydroxylation is 1. The molecule has 0 saturated carbocycles. The van der Waals surface area contributed by atoms with Gasteiger partial charge in [-0.05, 0) is 37.3 Å². The van der Waals surface area contributed by atoms with Crippen molar-refractivity contribution in [3.63, 3.8) is 0 Å². The lowest BCUT2D eigenvalue weighted by Gasteiger charge is -2.25. The van der Waals surface area contributed by atoms with E-state index in [0.717, 1.165) is 42.9 Å². The quantitative estimate of drug-likeness (QED) is 0.624. The number of aromatic nitrogens is 4. The van der Waals surface area contributed by atoms with Crippen LogP contribution in [-0.4, -0.2) is 33.4 Å². The van der Waals surface area contributed by atoms with Crippen LogP contribution in [0.15, 0.2) is 36.4 Å². The Morgan fingerprint density at radius 1 is 1.14 bits per heavy atom. The van der Waals surface area contributed by atoms with Gasteiger partial charge in [-0.25, -0.2) is 9.97 Å². The molecule has 0 amide bonds. The smallest absolute Gasteiger partial charge is 0.156 e. The van der Waals surface area contributed by atoms with Crippen molar-refractivity contribution in [1.82, 2.24) is 20.2 Å². The minimum absolute atomic E-state index is 0.267. The van der Waals surface area contributed by atoms with Gasteiger partial charge in [0.05, 0.1) is 0 Å². The predicted molar refractivity (Wildman–Crippen MR) is 111 cm³/mol. The fourth-order valence-electron chi connectivity index (χ4n) is 3.40. The second-order valence-electron chi connectivity index (χ2n) is 6.92. The molecule has 7 heteroatoms. The molecule has 1 fully saturated rings. The van der Waals surface area contributed by atoms with E-state index >= 15 is 0 Å². The third-order valence-electron chi connectivity index (χ3n) is 4.80. The average Bonchev–Trinajstić information content (AvgIpc) is 3.12. The summed E-state index contributed by atoms with van der Waals surface area (Å²) in [6, 6.07) is 12.0. The van der Waals surface area contributed by atoms with Gasteiger partial charge in [-0.15, -0.1) is 0 Å². The number of rotatable bonds is 5. The van der Waals surface area contributed by atoms with E-state index in [9.17, 15) is 0 Å². The van der Waals surface area contributed by atoms with Gasteiger partial charge in [0.2, 0.25) is 0 Å². The van der Waals surface area contributed by atoms with Crippen molar-refractivity contribution in [2.24, 2.45) is 0 Å². The number of hydrogen-bond acceptors (Lipinski definition) is 6. The highest BCUT2D eigenvalue weighted by Crippen LogP contribution is 2.36. The fourth-order valence-corrected chi connectivity index (χ4v) is 3.40. The lowest BCUT2D eigenvalue weighted by molar-refractivity contribution is 0.0855. The molecule has 0 radical (unpaired) electrons. The minimum Gasteiger partial charge on any atom is -0.383 e. The Hall–Kier alpha value is -3.19. The van der Waals surface area contributed by atoms with Crippen LogP contribution in [0.2, 0.25) is 0 Å². The SMILES string of the molecule is Cc1cc(Nc2nc(C=Cc3ccccc3)nc(N)c2C2CCOCC2)n[nH]1. The van der Waals surface area contributed by atoms with E-state index in [1.165, 1.54) is 0 Å². The van der Waals surface area contributed by atoms with Crippen molar-refractivity contribution in [2.45, 2.75) is 25.7 Å². The number of benzene rings is 1. The molecule has 1 aliphatic rings. The van der Waals surface area contributed by atoms with Crippen LogP contribution in [0.5, 0.6) is 0 Å². The number of nitrogens with two attached hydrogens (primary N) is 1. The first-order valence-corrected chi connectivity index (χ1v) is 9.46. The maximum Gasteiger partial charge on any atom is 0.156 e. The Balaban J connectivity index is 1.69. The lowest BCUT2D eigenvalue weighted by atomic mass is 9.92. The first-order valence-electron chi connectivity index (χ1n) is 9.46. The molecule has 1 saturated heterocycles. The lowest BCUT2D eigenvalue weighted by Crippen LogP contribution is -2.18. The molecular formula is C21H24N6O. The molecule has 3 heterocycles. The first-order chi connectivity index (χ1) is 13.7. The number of nitrogens with zero attached hydrogens (tertiary/aromatic N) is 3. The number of nitrogen functional groups attached to an aromatic ring is 1. The number of nitrogens with one attached hydrogen (secondary N) is 2. The van der Waals surface area contributed by atoms with Crippen molar-refractivity contribution in [3.8, 4) is 0 Å². The van der Waals surface area contributed by atoms with Crippen LogP contribution in [-0.2, 0) is 4.74 Å². The zero-order valence-corrected chi connectivity index (χ0v) is 15.9. The zero-order valence-electron chi connectivity index (χ0n) is 15.9. The second kappa shape index (κ2) is 8.22. The van der Waals surface area contributed by atoms with Crippen molar-refractivity contribution in [1.29, 1.82) is 0 Å². The second-order valence-corrected chi connectivity index (χ2v) is 6.92. The van der Waals surface area contributed by atoms with Crippen LogP contribution in [0.3, 0.4) is 0 Å². The summed E-state index contributed by atoms with van der Waals surface area (Å²) >= 11 is 0. The molecule has 4 N–H and O–H groups in total. The molecule has 0 bridgehead atoms. The van der Waals surface area contributed by atoms with E-state index in [-0.39, 0.29) is 5.92 Å². The number of hydrogen-bond donors (Lipinski definition) is 3. The topological polar surface area (TPSA) is 102 Å². The summed E-state index contributed by atoms with van der Waals surface area (Å²) in [7, 11) is 0. The number of anilines is 3. The van der Waals surface area contributed by atoms with E-state index in [1.54, 1.807) is 0 Å². The molecule has 0 atom stereocenters. The molecule has 0 spiro atoms. The van der Waals surface area contributed by atoms with Gasteiger partial charge in [0.25, 0.3) is 0 Å². The molecule has 7 nitrogen and oxygen atoms in total. The van der Waals surface area contributed by atoms with E-state index in [2.05, 4.69) is 20.5 Å². The number of H-pyrrole nitrogens is 1. The normalized spacial score (nSPS) is 15.2. The van der Waals surface area contributed by atoms with Crippen LogP contribution in [0.1, 0.15) is 41.4 Å². The summed E-state index contributed by atoms with van der Waals surface area (Å²) in [4.78, 5) is 9.29. The van der Waals surface area contributed by atoms with Crippen molar-refractivity contribution < 1.29 is 4.74 Å². The van der Waals surface area contributed by atoms with E-state index < -0.39 is 0 Å². The fraction of sp³-hybridized carbons (Fsp3) is 0.286. The zero-order chi connectivity index (χ0) is 19.3. The van der Waals surface area contributed by atoms with Crippen LogP contribution < -0.4 is 11.1 Å². The number of aromatic amines is 1. The highest BCUT2D eigenvalue weighted by Gasteiger charge is 2.24. The molecule has 4 rings (SSSR count). The summed E-state index contributed by atoms with van der Waals surface area (Å²) < 4.78 is 5.50. The molecule has 28 heavy (non-hydrogen) atoms. The standard InChI is InChI=1S/C21H24N6O/c1-14-13-18(27-26-14)25-21-19(16-9-11-28-12-10-16)20(22)23-17(24-21)8-7-15-5-3-2-4-6-15/h2-8,13,16H,9-12H2,1H3,(H4,22,23,24,25,26,27). The first kappa shape index (κ1) is 18.2. The van der Waals surface area contributed by atoms with E-state index in [0.29, 0.717) is 23.3 Å². The van der Waals surface area contributed by atoms with Gasteiger partial charge in [-0.3, -0.25) is 5.10 Å². The predicted octanol–water partition coefficient (Wildman–Crippen LogP) is 3.90. The van der Waals surface area contributed by atoms with Crippen molar-refractivity contribution in [2.75, 3.05) is 24.3 Å². The Bertz CT molecular complexity index is 960. The van der Waals surface area contributed by atoms with Crippen LogP contribution >= 0.6 is 0 Å². The monoisotopic (exact) mass is 376 g/mol. The highest BCUT2D eigenvalue weighted by molar-refractivity contribution is 5.70. The molecular weight excluding hydrogens is 352 g/mol. The third-order valence-corrected chi connectivity index (χ3v) is 4.80. The molecule has 2 aromatic heterocycles.